The van der Waals surface area contributed by atoms with Gasteiger partial charge in [-0.05, 0) is 63.4 Å². The number of carbonyl (C=O) groups excluding carboxylic acids is 1. The normalized spacial score (nSPS) is 17.2. The molecular formula is C26H30N2O. The second-order valence-corrected chi connectivity index (χ2v) is 8.03. The number of hydrogen-bond acceptors (Lipinski definition) is 2. The third kappa shape index (κ3) is 4.20. The van der Waals surface area contributed by atoms with Crippen LogP contribution >= 0.6 is 0 Å². The lowest BCUT2D eigenvalue weighted by Crippen LogP contribution is -2.35. The molecule has 2 heterocycles. The maximum absolute atomic E-state index is 12.9. The SMILES string of the molecule is CCn1cc(C(=O)C=CC2CCN(C(C)c3ccccc3)CC2)c2ccccc21. The Morgan fingerprint density at radius 1 is 1.07 bits per heavy atom. The van der Waals surface area contributed by atoms with Gasteiger partial charge in [-0.3, -0.25) is 9.69 Å². The fourth-order valence-electron chi connectivity index (χ4n) is 4.46. The van der Waals surface area contributed by atoms with Crippen LogP contribution in [0.4, 0.5) is 0 Å². The Morgan fingerprint density at radius 2 is 1.76 bits per heavy atom. The molecule has 2 aromatic carbocycles. The van der Waals surface area contributed by atoms with Crippen molar-refractivity contribution in [3.8, 4) is 0 Å². The van der Waals surface area contributed by atoms with Gasteiger partial charge in [0.1, 0.15) is 0 Å². The molecule has 0 aliphatic carbocycles. The Hall–Kier alpha value is -2.65. The molecule has 1 unspecified atom stereocenters. The van der Waals surface area contributed by atoms with Crippen molar-refractivity contribution in [2.75, 3.05) is 13.1 Å². The first-order valence-electron chi connectivity index (χ1n) is 10.8. The van der Waals surface area contributed by atoms with E-state index in [1.807, 2.05) is 30.5 Å². The van der Waals surface area contributed by atoms with Crippen LogP contribution in [0.3, 0.4) is 0 Å². The summed E-state index contributed by atoms with van der Waals surface area (Å²) in [7, 11) is 0. The van der Waals surface area contributed by atoms with E-state index in [9.17, 15) is 4.79 Å². The maximum atomic E-state index is 12.9. The Kier molecular flexibility index (Phi) is 5.96. The van der Waals surface area contributed by atoms with Crippen molar-refractivity contribution in [1.82, 2.24) is 9.47 Å². The van der Waals surface area contributed by atoms with Crippen molar-refractivity contribution < 1.29 is 4.79 Å². The van der Waals surface area contributed by atoms with Gasteiger partial charge in [-0.1, -0.05) is 54.6 Å². The van der Waals surface area contributed by atoms with Gasteiger partial charge in [0, 0.05) is 35.2 Å². The van der Waals surface area contributed by atoms with Crippen LogP contribution in [0.15, 0.2) is 72.9 Å². The number of aromatic nitrogens is 1. The minimum Gasteiger partial charge on any atom is -0.347 e. The molecule has 1 fully saturated rings. The van der Waals surface area contributed by atoms with E-state index in [4.69, 9.17) is 0 Å². The Morgan fingerprint density at radius 3 is 2.48 bits per heavy atom. The quantitative estimate of drug-likeness (QED) is 0.391. The van der Waals surface area contributed by atoms with E-state index in [2.05, 4.69) is 65.8 Å². The highest BCUT2D eigenvalue weighted by Gasteiger charge is 2.22. The zero-order chi connectivity index (χ0) is 20.2. The van der Waals surface area contributed by atoms with Gasteiger partial charge in [0.2, 0.25) is 0 Å². The second kappa shape index (κ2) is 8.79. The first-order valence-corrected chi connectivity index (χ1v) is 10.8. The summed E-state index contributed by atoms with van der Waals surface area (Å²) in [5, 5.41) is 1.05. The second-order valence-electron chi connectivity index (χ2n) is 8.03. The van der Waals surface area contributed by atoms with Crippen molar-refractivity contribution >= 4 is 16.7 Å². The molecule has 0 bridgehead atoms. The first-order chi connectivity index (χ1) is 14.2. The van der Waals surface area contributed by atoms with Crippen LogP contribution < -0.4 is 0 Å². The lowest BCUT2D eigenvalue weighted by atomic mass is 9.93. The molecule has 0 radical (unpaired) electrons. The van der Waals surface area contributed by atoms with Crippen LogP contribution in [0, 0.1) is 5.92 Å². The lowest BCUT2D eigenvalue weighted by Gasteiger charge is -2.35. The summed E-state index contributed by atoms with van der Waals surface area (Å²) < 4.78 is 2.15. The molecule has 3 heteroatoms. The summed E-state index contributed by atoms with van der Waals surface area (Å²) in [4.78, 5) is 15.4. The van der Waals surface area contributed by atoms with Gasteiger partial charge in [0.05, 0.1) is 0 Å². The fourth-order valence-corrected chi connectivity index (χ4v) is 4.46. The average Bonchev–Trinajstić information content (AvgIpc) is 3.17. The van der Waals surface area contributed by atoms with Crippen molar-refractivity contribution in [1.29, 1.82) is 0 Å². The van der Waals surface area contributed by atoms with E-state index in [1.165, 1.54) is 5.56 Å². The number of benzene rings is 2. The van der Waals surface area contributed by atoms with E-state index >= 15 is 0 Å². The number of carbonyl (C=O) groups is 1. The first kappa shape index (κ1) is 19.7. The van der Waals surface area contributed by atoms with E-state index in [0.717, 1.165) is 48.9 Å². The monoisotopic (exact) mass is 386 g/mol. The molecule has 1 aliphatic heterocycles. The molecule has 3 nitrogen and oxygen atoms in total. The largest absolute Gasteiger partial charge is 0.347 e. The number of aryl methyl sites for hydroxylation is 1. The average molecular weight is 387 g/mol. The Balaban J connectivity index is 1.39. The number of ketones is 1. The highest BCUT2D eigenvalue weighted by molar-refractivity contribution is 6.13. The summed E-state index contributed by atoms with van der Waals surface area (Å²) in [6, 6.07) is 19.3. The summed E-state index contributed by atoms with van der Waals surface area (Å²) in [5.41, 5.74) is 3.33. The smallest absolute Gasteiger partial charge is 0.187 e. The van der Waals surface area contributed by atoms with Gasteiger partial charge in [-0.2, -0.15) is 0 Å². The highest BCUT2D eigenvalue weighted by atomic mass is 16.1. The molecule has 1 saturated heterocycles. The number of para-hydroxylation sites is 1. The molecule has 0 saturated carbocycles. The van der Waals surface area contributed by atoms with Gasteiger partial charge in [-0.25, -0.2) is 0 Å². The lowest BCUT2D eigenvalue weighted by molar-refractivity contribution is 0.104. The molecule has 1 aromatic heterocycles. The Labute approximate surface area is 173 Å². The third-order valence-corrected chi connectivity index (χ3v) is 6.32. The van der Waals surface area contributed by atoms with Crippen molar-refractivity contribution in [2.24, 2.45) is 5.92 Å². The summed E-state index contributed by atoms with van der Waals surface area (Å²) in [6.45, 7) is 7.43. The number of piperidine rings is 1. The summed E-state index contributed by atoms with van der Waals surface area (Å²) in [5.74, 6) is 0.603. The number of nitrogens with zero attached hydrogens (tertiary/aromatic N) is 2. The minimum absolute atomic E-state index is 0.119. The topological polar surface area (TPSA) is 25.2 Å². The molecule has 1 aliphatic rings. The van der Waals surface area contributed by atoms with Crippen LogP contribution in [0.25, 0.3) is 10.9 Å². The predicted molar refractivity (Wildman–Crippen MR) is 120 cm³/mol. The third-order valence-electron chi connectivity index (χ3n) is 6.32. The zero-order valence-electron chi connectivity index (χ0n) is 17.4. The van der Waals surface area contributed by atoms with E-state index in [-0.39, 0.29) is 5.78 Å². The van der Waals surface area contributed by atoms with Crippen molar-refractivity contribution in [3.63, 3.8) is 0 Å². The van der Waals surface area contributed by atoms with Crippen LogP contribution in [0.2, 0.25) is 0 Å². The van der Waals surface area contributed by atoms with Crippen LogP contribution in [0.1, 0.15) is 48.7 Å². The molecule has 150 valence electrons. The van der Waals surface area contributed by atoms with Crippen molar-refractivity contribution in [3.05, 3.63) is 84.1 Å². The van der Waals surface area contributed by atoms with Crippen LogP contribution in [0.5, 0.6) is 0 Å². The van der Waals surface area contributed by atoms with Gasteiger partial charge < -0.3 is 4.57 Å². The number of allylic oxidation sites excluding steroid dienone is 2. The van der Waals surface area contributed by atoms with Crippen LogP contribution in [-0.2, 0) is 6.54 Å². The number of hydrogen-bond donors (Lipinski definition) is 0. The zero-order valence-corrected chi connectivity index (χ0v) is 17.4. The fraction of sp³-hybridized carbons (Fsp3) is 0.346. The van der Waals surface area contributed by atoms with Gasteiger partial charge in [-0.15, -0.1) is 0 Å². The number of likely N-dealkylation sites (tertiary alicyclic amines) is 1. The molecule has 0 N–H and O–H groups in total. The molecule has 29 heavy (non-hydrogen) atoms. The van der Waals surface area contributed by atoms with Gasteiger partial charge in [0.25, 0.3) is 0 Å². The van der Waals surface area contributed by atoms with Gasteiger partial charge >= 0.3 is 0 Å². The molecule has 0 amide bonds. The summed E-state index contributed by atoms with van der Waals surface area (Å²) in [6.07, 6.45) is 8.17. The maximum Gasteiger partial charge on any atom is 0.187 e. The summed E-state index contributed by atoms with van der Waals surface area (Å²) >= 11 is 0. The van der Waals surface area contributed by atoms with E-state index in [1.54, 1.807) is 0 Å². The van der Waals surface area contributed by atoms with E-state index < -0.39 is 0 Å². The molecule has 3 aromatic rings. The molecular weight excluding hydrogens is 356 g/mol. The van der Waals surface area contributed by atoms with Crippen LogP contribution in [-0.4, -0.2) is 28.3 Å². The number of fused-ring (bicyclic) bond motifs is 1. The van der Waals surface area contributed by atoms with Crippen molar-refractivity contribution in [2.45, 2.75) is 39.3 Å². The molecule has 0 spiro atoms. The molecule has 1 atom stereocenters. The standard InChI is InChI=1S/C26H30N2O/c1-3-27-19-24(23-11-7-8-12-25(23)27)26(29)14-13-21-15-17-28(18-16-21)20(2)22-9-5-4-6-10-22/h4-14,19-21H,3,15-18H2,1-2H3. The Bertz CT molecular complexity index is 994. The minimum atomic E-state index is 0.119. The number of rotatable bonds is 6. The predicted octanol–water partition coefficient (Wildman–Crippen LogP) is 5.87. The van der Waals surface area contributed by atoms with E-state index in [0.29, 0.717) is 12.0 Å². The highest BCUT2D eigenvalue weighted by Crippen LogP contribution is 2.27. The van der Waals surface area contributed by atoms with Gasteiger partial charge in [0.15, 0.2) is 5.78 Å². The molecule has 4 rings (SSSR count).